The third-order valence-electron chi connectivity index (χ3n) is 5.03. The molecule has 1 aromatic rings. The molecule has 0 amide bonds. The molecular formula is C17H25NO2. The van der Waals surface area contributed by atoms with Crippen molar-refractivity contribution >= 4 is 0 Å². The number of hydrogen-bond acceptors (Lipinski definition) is 3. The Hall–Kier alpha value is -1.22. The van der Waals surface area contributed by atoms with Gasteiger partial charge in [0, 0.05) is 24.1 Å². The van der Waals surface area contributed by atoms with Gasteiger partial charge in [-0.1, -0.05) is 26.8 Å². The number of methoxy groups -OCH3 is 1. The van der Waals surface area contributed by atoms with Crippen LogP contribution < -0.4 is 15.2 Å². The maximum Gasteiger partial charge on any atom is 0.128 e. The Bertz CT molecular complexity index is 526. The first-order chi connectivity index (χ1) is 9.35. The quantitative estimate of drug-likeness (QED) is 0.850. The van der Waals surface area contributed by atoms with Crippen LogP contribution in [-0.2, 0) is 0 Å². The van der Waals surface area contributed by atoms with Crippen molar-refractivity contribution in [1.29, 1.82) is 0 Å². The minimum absolute atomic E-state index is 0.0565. The van der Waals surface area contributed by atoms with Crippen LogP contribution in [0.1, 0.15) is 51.6 Å². The summed E-state index contributed by atoms with van der Waals surface area (Å²) in [4.78, 5) is 0. The van der Waals surface area contributed by atoms with Crippen molar-refractivity contribution in [3.05, 3.63) is 23.8 Å². The Morgan fingerprint density at radius 2 is 2.05 bits per heavy atom. The van der Waals surface area contributed by atoms with Crippen LogP contribution in [0.2, 0.25) is 0 Å². The van der Waals surface area contributed by atoms with Crippen molar-refractivity contribution in [3.8, 4) is 11.5 Å². The van der Waals surface area contributed by atoms with E-state index in [2.05, 4.69) is 20.8 Å². The number of benzene rings is 1. The molecule has 1 aliphatic heterocycles. The molecule has 0 radical (unpaired) electrons. The zero-order chi connectivity index (χ0) is 14.5. The molecule has 1 saturated carbocycles. The van der Waals surface area contributed by atoms with Crippen molar-refractivity contribution in [2.75, 3.05) is 7.11 Å². The average molecular weight is 275 g/mol. The Morgan fingerprint density at radius 1 is 1.30 bits per heavy atom. The third kappa shape index (κ3) is 2.08. The number of ether oxygens (including phenoxy) is 2. The molecule has 1 aromatic carbocycles. The van der Waals surface area contributed by atoms with Gasteiger partial charge in [0.05, 0.1) is 7.11 Å². The van der Waals surface area contributed by atoms with Crippen molar-refractivity contribution in [2.45, 2.75) is 51.7 Å². The fraction of sp³-hybridized carbons (Fsp3) is 0.647. The predicted molar refractivity (Wildman–Crippen MR) is 80.1 cm³/mol. The van der Waals surface area contributed by atoms with E-state index in [1.807, 2.05) is 18.2 Å². The van der Waals surface area contributed by atoms with Gasteiger partial charge in [-0.3, -0.25) is 0 Å². The second kappa shape index (κ2) is 4.39. The molecule has 2 N–H and O–H groups in total. The zero-order valence-electron chi connectivity index (χ0n) is 12.9. The third-order valence-corrected chi connectivity index (χ3v) is 5.03. The molecule has 0 aromatic heterocycles. The van der Waals surface area contributed by atoms with Crippen LogP contribution in [0.15, 0.2) is 18.2 Å². The van der Waals surface area contributed by atoms with Gasteiger partial charge in [0.15, 0.2) is 0 Å². The summed E-state index contributed by atoms with van der Waals surface area (Å²) < 4.78 is 11.8. The highest BCUT2D eigenvalue weighted by Gasteiger charge is 2.53. The van der Waals surface area contributed by atoms with E-state index in [4.69, 9.17) is 15.2 Å². The van der Waals surface area contributed by atoms with Crippen molar-refractivity contribution in [2.24, 2.45) is 17.1 Å². The molecule has 2 aliphatic rings. The lowest BCUT2D eigenvalue weighted by atomic mass is 9.80. The van der Waals surface area contributed by atoms with E-state index in [1.54, 1.807) is 7.11 Å². The molecular weight excluding hydrogens is 250 g/mol. The van der Waals surface area contributed by atoms with Crippen molar-refractivity contribution in [3.63, 3.8) is 0 Å². The van der Waals surface area contributed by atoms with E-state index in [-0.39, 0.29) is 11.6 Å². The van der Waals surface area contributed by atoms with Crippen LogP contribution in [0, 0.1) is 11.3 Å². The van der Waals surface area contributed by atoms with E-state index in [0.29, 0.717) is 11.3 Å². The van der Waals surface area contributed by atoms with Gasteiger partial charge in [-0.2, -0.15) is 0 Å². The van der Waals surface area contributed by atoms with Crippen LogP contribution >= 0.6 is 0 Å². The van der Waals surface area contributed by atoms with Gasteiger partial charge in [0.25, 0.3) is 0 Å². The van der Waals surface area contributed by atoms with E-state index >= 15 is 0 Å². The van der Waals surface area contributed by atoms with Gasteiger partial charge < -0.3 is 15.2 Å². The SMILES string of the molecule is COc1ccc2c(c1)OC1(CC2N)CC(C)(C)CC1C. The summed E-state index contributed by atoms with van der Waals surface area (Å²) in [5, 5.41) is 0. The molecule has 20 heavy (non-hydrogen) atoms. The largest absolute Gasteiger partial charge is 0.497 e. The first kappa shape index (κ1) is 13.7. The molecule has 3 unspecified atom stereocenters. The Balaban J connectivity index is 1.99. The average Bonchev–Trinajstić information content (AvgIpc) is 2.57. The second-order valence-corrected chi connectivity index (χ2v) is 7.33. The molecule has 1 spiro atoms. The van der Waals surface area contributed by atoms with Crippen LogP contribution in [-0.4, -0.2) is 12.7 Å². The lowest BCUT2D eigenvalue weighted by Crippen LogP contribution is -2.45. The fourth-order valence-corrected chi connectivity index (χ4v) is 4.26. The van der Waals surface area contributed by atoms with Gasteiger partial charge in [0.2, 0.25) is 0 Å². The normalized spacial score (nSPS) is 34.6. The van der Waals surface area contributed by atoms with Crippen LogP contribution in [0.5, 0.6) is 11.5 Å². The van der Waals surface area contributed by atoms with E-state index in [1.165, 1.54) is 6.42 Å². The van der Waals surface area contributed by atoms with Gasteiger partial charge in [-0.05, 0) is 30.2 Å². The minimum Gasteiger partial charge on any atom is -0.497 e. The predicted octanol–water partition coefficient (Wildman–Crippen LogP) is 3.67. The van der Waals surface area contributed by atoms with Crippen molar-refractivity contribution in [1.82, 2.24) is 0 Å². The molecule has 1 aliphatic carbocycles. The summed E-state index contributed by atoms with van der Waals surface area (Å²) >= 11 is 0. The van der Waals surface area contributed by atoms with Crippen molar-refractivity contribution < 1.29 is 9.47 Å². The Morgan fingerprint density at radius 3 is 2.65 bits per heavy atom. The zero-order valence-corrected chi connectivity index (χ0v) is 12.9. The second-order valence-electron chi connectivity index (χ2n) is 7.33. The molecule has 1 fully saturated rings. The molecule has 110 valence electrons. The lowest BCUT2D eigenvalue weighted by Gasteiger charge is -2.42. The number of fused-ring (bicyclic) bond motifs is 1. The van der Waals surface area contributed by atoms with Gasteiger partial charge in [-0.25, -0.2) is 0 Å². The summed E-state index contributed by atoms with van der Waals surface area (Å²) in [5.74, 6) is 2.27. The van der Waals surface area contributed by atoms with Crippen LogP contribution in [0.25, 0.3) is 0 Å². The number of hydrogen-bond donors (Lipinski definition) is 1. The maximum absolute atomic E-state index is 6.48. The molecule has 3 nitrogen and oxygen atoms in total. The monoisotopic (exact) mass is 275 g/mol. The van der Waals surface area contributed by atoms with Crippen LogP contribution in [0.4, 0.5) is 0 Å². The fourth-order valence-electron chi connectivity index (χ4n) is 4.26. The molecule has 3 atom stereocenters. The van der Waals surface area contributed by atoms with Crippen LogP contribution in [0.3, 0.4) is 0 Å². The summed E-state index contributed by atoms with van der Waals surface area (Å²) in [6.45, 7) is 6.95. The van der Waals surface area contributed by atoms with Gasteiger partial charge in [0.1, 0.15) is 17.1 Å². The highest BCUT2D eigenvalue weighted by molar-refractivity contribution is 5.44. The Labute approximate surface area is 121 Å². The van der Waals surface area contributed by atoms with E-state index in [0.717, 1.165) is 29.9 Å². The Kier molecular flexibility index (Phi) is 3.02. The molecule has 0 saturated heterocycles. The van der Waals surface area contributed by atoms with E-state index in [9.17, 15) is 0 Å². The highest BCUT2D eigenvalue weighted by Crippen LogP contribution is 2.55. The molecule has 3 rings (SSSR count). The summed E-state index contributed by atoms with van der Waals surface area (Å²) in [5.41, 5.74) is 7.75. The first-order valence-corrected chi connectivity index (χ1v) is 7.48. The summed E-state index contributed by atoms with van der Waals surface area (Å²) in [6, 6.07) is 6.04. The number of nitrogens with two attached hydrogens (primary N) is 1. The summed E-state index contributed by atoms with van der Waals surface area (Å²) in [7, 11) is 1.68. The summed E-state index contributed by atoms with van der Waals surface area (Å²) in [6.07, 6.45) is 3.18. The standard InChI is InChI=1S/C17H25NO2/c1-11-8-16(2,3)10-17(11)9-14(18)13-6-5-12(19-4)7-15(13)20-17/h5-7,11,14H,8-10,18H2,1-4H3. The topological polar surface area (TPSA) is 44.5 Å². The van der Waals surface area contributed by atoms with Gasteiger partial charge >= 0.3 is 0 Å². The first-order valence-electron chi connectivity index (χ1n) is 7.48. The minimum atomic E-state index is -0.109. The maximum atomic E-state index is 6.48. The lowest BCUT2D eigenvalue weighted by molar-refractivity contribution is 0.00165. The molecule has 0 bridgehead atoms. The van der Waals surface area contributed by atoms with E-state index < -0.39 is 0 Å². The molecule has 3 heteroatoms. The molecule has 1 heterocycles. The highest BCUT2D eigenvalue weighted by atomic mass is 16.5. The smallest absolute Gasteiger partial charge is 0.128 e. The van der Waals surface area contributed by atoms with Gasteiger partial charge in [-0.15, -0.1) is 0 Å². The number of rotatable bonds is 1.